The van der Waals surface area contributed by atoms with Crippen LogP contribution in [0.1, 0.15) is 12.5 Å². The molecule has 2 aromatic rings. The fraction of sp³-hybridized carbons (Fsp3) is 0.412. The normalized spacial score (nSPS) is 12.3. The van der Waals surface area contributed by atoms with E-state index in [4.69, 9.17) is 16.3 Å². The predicted molar refractivity (Wildman–Crippen MR) is 113 cm³/mol. The van der Waals surface area contributed by atoms with E-state index in [1.165, 1.54) is 0 Å². The number of guanidine groups is 1. The largest absolute Gasteiger partial charge is 0.487 e. The van der Waals surface area contributed by atoms with Crippen LogP contribution in [0, 0.1) is 0 Å². The third-order valence-corrected chi connectivity index (χ3v) is 3.78. The van der Waals surface area contributed by atoms with Gasteiger partial charge in [-0.2, -0.15) is 5.10 Å². The van der Waals surface area contributed by atoms with Gasteiger partial charge in [-0.05, 0) is 19.1 Å². The Kier molecular flexibility index (Phi) is 9.05. The van der Waals surface area contributed by atoms with Crippen LogP contribution in [0.4, 0.5) is 0 Å². The van der Waals surface area contributed by atoms with Gasteiger partial charge in [0.25, 0.3) is 0 Å². The van der Waals surface area contributed by atoms with E-state index in [1.54, 1.807) is 11.7 Å². The average Bonchev–Trinajstić information content (AvgIpc) is 2.95. The topological polar surface area (TPSA) is 54.7 Å². The van der Waals surface area contributed by atoms with Crippen LogP contribution >= 0.6 is 35.6 Å². The monoisotopic (exact) mass is 477 g/mol. The van der Waals surface area contributed by atoms with Gasteiger partial charge in [-0.1, -0.05) is 23.7 Å². The zero-order valence-electron chi connectivity index (χ0n) is 14.9. The number of hydrogen-bond donors (Lipinski definition) is 1. The Morgan fingerprint density at radius 2 is 2.16 bits per heavy atom. The lowest BCUT2D eigenvalue weighted by atomic mass is 10.3. The van der Waals surface area contributed by atoms with Gasteiger partial charge in [-0.25, -0.2) is 0 Å². The number of halogens is 2. The first kappa shape index (κ1) is 21.6. The van der Waals surface area contributed by atoms with Crippen molar-refractivity contribution in [2.75, 3.05) is 20.6 Å². The van der Waals surface area contributed by atoms with E-state index < -0.39 is 0 Å². The van der Waals surface area contributed by atoms with Crippen molar-refractivity contribution in [1.29, 1.82) is 0 Å². The quantitative estimate of drug-likeness (QED) is 0.394. The molecule has 1 aromatic heterocycles. The van der Waals surface area contributed by atoms with E-state index in [1.807, 2.05) is 62.6 Å². The van der Waals surface area contributed by atoms with Gasteiger partial charge in [0.1, 0.15) is 11.9 Å². The number of aliphatic imine (C=N–C) groups is 1. The number of hydrogen-bond acceptors (Lipinski definition) is 3. The summed E-state index contributed by atoms with van der Waals surface area (Å²) in [6, 6.07) is 7.47. The predicted octanol–water partition coefficient (Wildman–Crippen LogP) is 3.17. The Labute approximate surface area is 171 Å². The van der Waals surface area contributed by atoms with E-state index in [-0.39, 0.29) is 30.1 Å². The molecule has 0 saturated carbocycles. The molecule has 1 aromatic carbocycles. The summed E-state index contributed by atoms with van der Waals surface area (Å²) in [5.41, 5.74) is 1.13. The molecule has 0 bridgehead atoms. The van der Waals surface area contributed by atoms with E-state index in [0.717, 1.165) is 18.1 Å². The first-order chi connectivity index (χ1) is 11.5. The average molecular weight is 478 g/mol. The molecule has 1 unspecified atom stereocenters. The minimum Gasteiger partial charge on any atom is -0.487 e. The van der Waals surface area contributed by atoms with Crippen molar-refractivity contribution in [2.45, 2.75) is 19.6 Å². The van der Waals surface area contributed by atoms with Crippen LogP contribution in [0.25, 0.3) is 0 Å². The van der Waals surface area contributed by atoms with Crippen LogP contribution in [-0.2, 0) is 13.6 Å². The Hall–Kier alpha value is -1.48. The van der Waals surface area contributed by atoms with Crippen molar-refractivity contribution >= 4 is 41.5 Å². The standard InChI is InChI=1S/C17H24ClN5O.HI/c1-13(24-16-8-6-5-7-15(16)18)9-20-17(19-2)22(3)11-14-10-21-23(4)12-14;/h5-8,10,12-13H,9,11H2,1-4H3,(H,19,20);1H. The fourth-order valence-corrected chi connectivity index (χ4v) is 2.50. The Bertz CT molecular complexity index is 691. The summed E-state index contributed by atoms with van der Waals surface area (Å²) in [6.45, 7) is 3.34. The summed E-state index contributed by atoms with van der Waals surface area (Å²) in [4.78, 5) is 6.35. The van der Waals surface area contributed by atoms with Crippen molar-refractivity contribution in [2.24, 2.45) is 12.0 Å². The highest BCUT2D eigenvalue weighted by molar-refractivity contribution is 14.0. The number of rotatable bonds is 6. The highest BCUT2D eigenvalue weighted by Crippen LogP contribution is 2.23. The highest BCUT2D eigenvalue weighted by Gasteiger charge is 2.11. The van der Waals surface area contributed by atoms with Gasteiger partial charge in [0, 0.05) is 39.4 Å². The smallest absolute Gasteiger partial charge is 0.193 e. The minimum atomic E-state index is -0.0477. The van der Waals surface area contributed by atoms with E-state index in [0.29, 0.717) is 17.3 Å². The second-order valence-corrected chi connectivity index (χ2v) is 6.07. The van der Waals surface area contributed by atoms with Crippen molar-refractivity contribution in [3.63, 3.8) is 0 Å². The molecule has 1 N–H and O–H groups in total. The molecular formula is C17H25ClIN5O. The third kappa shape index (κ3) is 6.74. The maximum atomic E-state index is 6.12. The van der Waals surface area contributed by atoms with E-state index in [9.17, 15) is 0 Å². The van der Waals surface area contributed by atoms with Gasteiger partial charge >= 0.3 is 0 Å². The zero-order chi connectivity index (χ0) is 17.5. The Balaban J connectivity index is 0.00000312. The number of aryl methyl sites for hydroxylation is 1. The van der Waals surface area contributed by atoms with Crippen molar-refractivity contribution in [3.05, 3.63) is 47.2 Å². The molecule has 0 aliphatic carbocycles. The summed E-state index contributed by atoms with van der Waals surface area (Å²) in [5.74, 6) is 1.49. The fourth-order valence-electron chi connectivity index (χ4n) is 2.32. The van der Waals surface area contributed by atoms with Crippen molar-refractivity contribution < 1.29 is 4.74 Å². The van der Waals surface area contributed by atoms with Crippen molar-refractivity contribution in [1.82, 2.24) is 20.0 Å². The molecule has 8 heteroatoms. The van der Waals surface area contributed by atoms with Gasteiger partial charge < -0.3 is 15.0 Å². The molecule has 6 nitrogen and oxygen atoms in total. The first-order valence-electron chi connectivity index (χ1n) is 7.80. The maximum absolute atomic E-state index is 6.12. The molecule has 0 amide bonds. The number of aromatic nitrogens is 2. The lowest BCUT2D eigenvalue weighted by Crippen LogP contribution is -2.42. The number of benzene rings is 1. The molecule has 0 aliphatic heterocycles. The number of nitrogens with zero attached hydrogens (tertiary/aromatic N) is 4. The maximum Gasteiger partial charge on any atom is 0.193 e. The van der Waals surface area contributed by atoms with Crippen LogP contribution in [0.15, 0.2) is 41.7 Å². The summed E-state index contributed by atoms with van der Waals surface area (Å²) in [7, 11) is 5.66. The van der Waals surface area contributed by atoms with Crippen molar-refractivity contribution in [3.8, 4) is 5.75 Å². The molecule has 0 fully saturated rings. The number of nitrogens with one attached hydrogen (secondary N) is 1. The van der Waals surface area contributed by atoms with Gasteiger partial charge in [-0.3, -0.25) is 9.67 Å². The van der Waals surface area contributed by atoms with Crippen LogP contribution < -0.4 is 10.1 Å². The molecule has 1 heterocycles. The molecule has 0 spiro atoms. The van der Waals surface area contributed by atoms with Crippen LogP contribution in [0.3, 0.4) is 0 Å². The summed E-state index contributed by atoms with van der Waals surface area (Å²) < 4.78 is 7.65. The SMILES string of the molecule is CN=C(NCC(C)Oc1ccccc1Cl)N(C)Cc1cnn(C)c1.I. The van der Waals surface area contributed by atoms with Gasteiger partial charge in [0.2, 0.25) is 0 Å². The zero-order valence-corrected chi connectivity index (χ0v) is 18.0. The highest BCUT2D eigenvalue weighted by atomic mass is 127. The Morgan fingerprint density at radius 1 is 1.44 bits per heavy atom. The van der Waals surface area contributed by atoms with Crippen LogP contribution in [-0.4, -0.2) is 47.4 Å². The number of para-hydroxylation sites is 1. The Morgan fingerprint density at radius 3 is 2.76 bits per heavy atom. The lowest BCUT2D eigenvalue weighted by molar-refractivity contribution is 0.222. The molecule has 2 rings (SSSR count). The second-order valence-electron chi connectivity index (χ2n) is 5.67. The molecule has 0 aliphatic rings. The third-order valence-electron chi connectivity index (χ3n) is 3.46. The molecule has 138 valence electrons. The van der Waals surface area contributed by atoms with Gasteiger partial charge in [0.15, 0.2) is 5.96 Å². The molecule has 0 radical (unpaired) electrons. The van der Waals surface area contributed by atoms with Gasteiger partial charge in [-0.15, -0.1) is 24.0 Å². The van der Waals surface area contributed by atoms with Crippen LogP contribution in [0.2, 0.25) is 5.02 Å². The first-order valence-corrected chi connectivity index (χ1v) is 8.18. The number of ether oxygens (including phenoxy) is 1. The van der Waals surface area contributed by atoms with Gasteiger partial charge in [0.05, 0.1) is 17.8 Å². The summed E-state index contributed by atoms with van der Waals surface area (Å²) in [6.07, 6.45) is 3.80. The summed E-state index contributed by atoms with van der Waals surface area (Å²) >= 11 is 6.12. The second kappa shape index (κ2) is 10.5. The minimum absolute atomic E-state index is 0. The van der Waals surface area contributed by atoms with Crippen LogP contribution in [0.5, 0.6) is 5.75 Å². The molecule has 25 heavy (non-hydrogen) atoms. The molecular weight excluding hydrogens is 453 g/mol. The lowest BCUT2D eigenvalue weighted by Gasteiger charge is -2.23. The molecule has 1 atom stereocenters. The summed E-state index contributed by atoms with van der Waals surface area (Å²) in [5, 5.41) is 8.11. The molecule has 0 saturated heterocycles. The van der Waals surface area contributed by atoms with E-state index >= 15 is 0 Å². The van der Waals surface area contributed by atoms with E-state index in [2.05, 4.69) is 15.4 Å².